The predicted octanol–water partition coefficient (Wildman–Crippen LogP) is 3.08. The molecule has 22 heavy (non-hydrogen) atoms. The quantitative estimate of drug-likeness (QED) is 0.724. The van der Waals surface area contributed by atoms with Crippen LogP contribution in [0.15, 0.2) is 42.6 Å². The number of aromatic amines is 1. The summed E-state index contributed by atoms with van der Waals surface area (Å²) in [5.41, 5.74) is 2.95. The van der Waals surface area contributed by atoms with Crippen LogP contribution in [0, 0.1) is 5.82 Å². The molecule has 2 atom stereocenters. The van der Waals surface area contributed by atoms with Gasteiger partial charge in [-0.3, -0.25) is 9.89 Å². The first kappa shape index (κ1) is 11.9. The maximum absolute atomic E-state index is 13.6. The van der Waals surface area contributed by atoms with Crippen molar-refractivity contribution in [1.29, 1.82) is 0 Å². The van der Waals surface area contributed by atoms with E-state index in [9.17, 15) is 9.18 Å². The molecule has 2 heterocycles. The summed E-state index contributed by atoms with van der Waals surface area (Å²) in [7, 11) is 0. The molecule has 1 aliphatic carbocycles. The Kier molecular flexibility index (Phi) is 2.02. The minimum atomic E-state index is -0.606. The summed E-state index contributed by atoms with van der Waals surface area (Å²) in [5, 5.41) is 10.9. The third kappa shape index (κ3) is 1.35. The van der Waals surface area contributed by atoms with Gasteiger partial charge >= 0.3 is 0 Å². The van der Waals surface area contributed by atoms with E-state index >= 15 is 0 Å². The standard InChI is InChI=1S/C17H12FN3O/c18-11-3-4-14-12(6-11)17(16(22)20-14)7-13(17)9-1-2-10-8-19-21-15(10)5-9/h1-6,8,13H,7H2,(H,19,21)(H,20,22). The average Bonchev–Trinajstić information content (AvgIpc) is 2.99. The van der Waals surface area contributed by atoms with E-state index in [1.807, 2.05) is 18.2 Å². The minimum absolute atomic E-state index is 0.0252. The first-order chi connectivity index (χ1) is 10.7. The van der Waals surface area contributed by atoms with Crippen LogP contribution < -0.4 is 5.32 Å². The minimum Gasteiger partial charge on any atom is -0.325 e. The molecule has 5 heteroatoms. The molecule has 0 radical (unpaired) electrons. The van der Waals surface area contributed by atoms with Crippen LogP contribution in [-0.2, 0) is 10.2 Å². The van der Waals surface area contributed by atoms with E-state index in [-0.39, 0.29) is 17.6 Å². The van der Waals surface area contributed by atoms with Gasteiger partial charge in [-0.15, -0.1) is 0 Å². The molecule has 1 fully saturated rings. The topological polar surface area (TPSA) is 57.8 Å². The maximum atomic E-state index is 13.6. The number of nitrogens with one attached hydrogen (secondary N) is 2. The van der Waals surface area contributed by atoms with Crippen LogP contribution in [0.3, 0.4) is 0 Å². The average molecular weight is 293 g/mol. The molecule has 1 saturated carbocycles. The maximum Gasteiger partial charge on any atom is 0.235 e. The molecule has 108 valence electrons. The second-order valence-electron chi connectivity index (χ2n) is 6.09. The van der Waals surface area contributed by atoms with Crippen molar-refractivity contribution in [3.63, 3.8) is 0 Å². The number of fused-ring (bicyclic) bond motifs is 3. The second-order valence-corrected chi connectivity index (χ2v) is 6.09. The van der Waals surface area contributed by atoms with E-state index in [1.165, 1.54) is 12.1 Å². The van der Waals surface area contributed by atoms with Crippen molar-refractivity contribution in [3.8, 4) is 0 Å². The van der Waals surface area contributed by atoms with E-state index in [0.29, 0.717) is 0 Å². The number of benzene rings is 2. The van der Waals surface area contributed by atoms with Crippen molar-refractivity contribution in [2.75, 3.05) is 5.32 Å². The molecule has 0 bridgehead atoms. The fourth-order valence-corrected chi connectivity index (χ4v) is 3.74. The van der Waals surface area contributed by atoms with Crippen molar-refractivity contribution < 1.29 is 9.18 Å². The van der Waals surface area contributed by atoms with Crippen LogP contribution in [0.5, 0.6) is 0 Å². The second kappa shape index (κ2) is 3.74. The summed E-state index contributed by atoms with van der Waals surface area (Å²) in [6.07, 6.45) is 2.49. The van der Waals surface area contributed by atoms with Gasteiger partial charge in [0.25, 0.3) is 0 Å². The van der Waals surface area contributed by atoms with E-state index in [1.54, 1.807) is 12.3 Å². The van der Waals surface area contributed by atoms with Gasteiger partial charge in [-0.1, -0.05) is 12.1 Å². The monoisotopic (exact) mass is 293 g/mol. The molecular formula is C17H12FN3O. The Morgan fingerprint density at radius 1 is 1.23 bits per heavy atom. The van der Waals surface area contributed by atoms with Crippen LogP contribution in [0.2, 0.25) is 0 Å². The van der Waals surface area contributed by atoms with E-state index in [2.05, 4.69) is 15.5 Å². The van der Waals surface area contributed by atoms with E-state index in [0.717, 1.165) is 34.1 Å². The molecule has 1 spiro atoms. The molecule has 1 aromatic heterocycles. The lowest BCUT2D eigenvalue weighted by molar-refractivity contribution is -0.118. The fourth-order valence-electron chi connectivity index (χ4n) is 3.74. The van der Waals surface area contributed by atoms with Crippen molar-refractivity contribution in [2.24, 2.45) is 0 Å². The number of H-pyrrole nitrogens is 1. The highest BCUT2D eigenvalue weighted by Gasteiger charge is 2.65. The SMILES string of the molecule is O=C1Nc2ccc(F)cc2C12CC2c1ccc2cn[nH]c2c1. The third-order valence-electron chi connectivity index (χ3n) is 4.94. The number of aromatic nitrogens is 2. The molecule has 2 aliphatic rings. The molecule has 2 N–H and O–H groups in total. The van der Waals surface area contributed by atoms with Crippen molar-refractivity contribution in [1.82, 2.24) is 10.2 Å². The number of hydrogen-bond acceptors (Lipinski definition) is 2. The molecule has 4 nitrogen and oxygen atoms in total. The lowest BCUT2D eigenvalue weighted by Crippen LogP contribution is -2.21. The highest BCUT2D eigenvalue weighted by atomic mass is 19.1. The zero-order chi connectivity index (χ0) is 14.9. The van der Waals surface area contributed by atoms with Crippen LogP contribution >= 0.6 is 0 Å². The fraction of sp³-hybridized carbons (Fsp3) is 0.176. The van der Waals surface area contributed by atoms with Crippen molar-refractivity contribution in [3.05, 3.63) is 59.5 Å². The van der Waals surface area contributed by atoms with Crippen LogP contribution in [-0.4, -0.2) is 16.1 Å². The van der Waals surface area contributed by atoms with Gasteiger partial charge in [-0.05, 0) is 41.8 Å². The number of amides is 1. The smallest absolute Gasteiger partial charge is 0.235 e. The van der Waals surface area contributed by atoms with Gasteiger partial charge in [0.1, 0.15) is 5.82 Å². The van der Waals surface area contributed by atoms with Crippen LogP contribution in [0.25, 0.3) is 10.9 Å². The summed E-state index contributed by atoms with van der Waals surface area (Å²) in [6.45, 7) is 0. The zero-order valence-corrected chi connectivity index (χ0v) is 11.6. The van der Waals surface area contributed by atoms with Crippen molar-refractivity contribution >= 4 is 22.5 Å². The van der Waals surface area contributed by atoms with Gasteiger partial charge in [-0.2, -0.15) is 5.10 Å². The predicted molar refractivity (Wildman–Crippen MR) is 80.2 cm³/mol. The van der Waals surface area contributed by atoms with E-state index < -0.39 is 5.41 Å². The summed E-state index contributed by atoms with van der Waals surface area (Å²) < 4.78 is 13.6. The van der Waals surface area contributed by atoms with Crippen LogP contribution in [0.1, 0.15) is 23.5 Å². The molecule has 2 unspecified atom stereocenters. The summed E-state index contributed by atoms with van der Waals surface area (Å²) in [5.74, 6) is -0.240. The van der Waals surface area contributed by atoms with Gasteiger partial charge in [0.05, 0.1) is 17.1 Å². The number of carbonyl (C=O) groups excluding carboxylic acids is 1. The normalized spacial score (nSPS) is 25.5. The Bertz CT molecular complexity index is 948. The largest absolute Gasteiger partial charge is 0.325 e. The summed E-state index contributed by atoms with van der Waals surface area (Å²) in [6, 6.07) is 10.6. The number of rotatable bonds is 1. The summed E-state index contributed by atoms with van der Waals surface area (Å²) >= 11 is 0. The van der Waals surface area contributed by atoms with Gasteiger partial charge in [0.15, 0.2) is 0 Å². The van der Waals surface area contributed by atoms with Gasteiger partial charge in [0, 0.05) is 17.0 Å². The zero-order valence-electron chi connectivity index (χ0n) is 11.6. The first-order valence-electron chi connectivity index (χ1n) is 7.23. The molecular weight excluding hydrogens is 281 g/mol. The van der Waals surface area contributed by atoms with Gasteiger partial charge in [-0.25, -0.2) is 4.39 Å². The Labute approximate surface area is 125 Å². The number of halogens is 1. The highest BCUT2D eigenvalue weighted by Crippen LogP contribution is 2.65. The molecule has 1 aliphatic heterocycles. The number of nitrogens with zero attached hydrogens (tertiary/aromatic N) is 1. The Morgan fingerprint density at radius 3 is 3.05 bits per heavy atom. The number of carbonyl (C=O) groups is 1. The molecule has 5 rings (SSSR count). The van der Waals surface area contributed by atoms with Crippen molar-refractivity contribution in [2.45, 2.75) is 17.8 Å². The van der Waals surface area contributed by atoms with Crippen LogP contribution in [0.4, 0.5) is 10.1 Å². The Hall–Kier alpha value is -2.69. The van der Waals surface area contributed by atoms with E-state index in [4.69, 9.17) is 0 Å². The molecule has 3 aromatic rings. The Morgan fingerprint density at radius 2 is 2.14 bits per heavy atom. The number of anilines is 1. The van der Waals surface area contributed by atoms with Gasteiger partial charge in [0.2, 0.25) is 5.91 Å². The molecule has 0 saturated heterocycles. The lowest BCUT2D eigenvalue weighted by Gasteiger charge is -2.09. The Balaban J connectivity index is 1.63. The first-order valence-corrected chi connectivity index (χ1v) is 7.23. The number of hydrogen-bond donors (Lipinski definition) is 2. The molecule has 1 amide bonds. The van der Waals surface area contributed by atoms with Gasteiger partial charge < -0.3 is 5.32 Å². The third-order valence-corrected chi connectivity index (χ3v) is 4.94. The lowest BCUT2D eigenvalue weighted by atomic mass is 9.92. The molecule has 2 aromatic carbocycles. The summed E-state index contributed by atoms with van der Waals surface area (Å²) in [4.78, 5) is 12.5. The highest BCUT2D eigenvalue weighted by molar-refractivity contribution is 6.09.